The van der Waals surface area contributed by atoms with Crippen molar-refractivity contribution in [3.05, 3.63) is 34.3 Å². The van der Waals surface area contributed by atoms with Crippen LogP contribution in [0.4, 0.5) is 0 Å². The number of carbonyl (C=O) groups is 1. The highest BCUT2D eigenvalue weighted by atomic mass is 35.5. The van der Waals surface area contributed by atoms with Crippen LogP contribution in [-0.4, -0.2) is 60.1 Å². The molecule has 2 saturated heterocycles. The highest BCUT2D eigenvalue weighted by molar-refractivity contribution is 6.31. The Morgan fingerprint density at radius 3 is 2.62 bits per heavy atom. The molecule has 1 N–H and O–H groups in total. The van der Waals surface area contributed by atoms with Crippen molar-refractivity contribution in [2.45, 2.75) is 26.2 Å². The van der Waals surface area contributed by atoms with Gasteiger partial charge < -0.3 is 14.9 Å². The molecule has 0 aliphatic carbocycles. The molecule has 1 amide bonds. The van der Waals surface area contributed by atoms with Crippen LogP contribution in [0.15, 0.2) is 18.2 Å². The van der Waals surface area contributed by atoms with E-state index in [0.29, 0.717) is 23.0 Å². The number of halogens is 1. The van der Waals surface area contributed by atoms with Crippen molar-refractivity contribution in [1.29, 1.82) is 0 Å². The first kappa shape index (κ1) is 17.7. The molecule has 0 saturated carbocycles. The van der Waals surface area contributed by atoms with E-state index in [2.05, 4.69) is 4.90 Å². The van der Waals surface area contributed by atoms with Crippen molar-refractivity contribution < 1.29 is 9.90 Å². The quantitative estimate of drug-likeness (QED) is 0.908. The molecule has 0 aromatic heterocycles. The number of nitrogens with zero attached hydrogens (tertiary/aromatic N) is 2. The molecule has 2 aliphatic heterocycles. The zero-order valence-electron chi connectivity index (χ0n) is 14.4. The fourth-order valence-electron chi connectivity index (χ4n) is 3.99. The number of likely N-dealkylation sites (tertiary alicyclic amines) is 2. The van der Waals surface area contributed by atoms with Crippen LogP contribution >= 0.6 is 11.6 Å². The van der Waals surface area contributed by atoms with E-state index < -0.39 is 0 Å². The number of aryl methyl sites for hydroxylation is 1. The summed E-state index contributed by atoms with van der Waals surface area (Å²) in [5.74, 6) is 0.571. The van der Waals surface area contributed by atoms with Crippen LogP contribution < -0.4 is 0 Å². The lowest BCUT2D eigenvalue weighted by Crippen LogP contribution is -2.37. The lowest BCUT2D eigenvalue weighted by molar-refractivity contribution is 0.0778. The van der Waals surface area contributed by atoms with Crippen LogP contribution in [0, 0.1) is 18.8 Å². The maximum Gasteiger partial charge on any atom is 0.254 e. The average molecular weight is 351 g/mol. The molecule has 0 spiro atoms. The number of aliphatic hydroxyl groups is 1. The van der Waals surface area contributed by atoms with E-state index >= 15 is 0 Å². The van der Waals surface area contributed by atoms with E-state index in [0.717, 1.165) is 31.7 Å². The second-order valence-corrected chi connectivity index (χ2v) is 7.67. The topological polar surface area (TPSA) is 43.8 Å². The van der Waals surface area contributed by atoms with Crippen LogP contribution in [0.2, 0.25) is 5.02 Å². The third-order valence-corrected chi connectivity index (χ3v) is 5.70. The first-order valence-corrected chi connectivity index (χ1v) is 9.35. The first-order valence-electron chi connectivity index (χ1n) is 8.97. The molecule has 4 nitrogen and oxygen atoms in total. The summed E-state index contributed by atoms with van der Waals surface area (Å²) in [6.45, 7) is 6.74. The van der Waals surface area contributed by atoms with Crippen molar-refractivity contribution in [2.24, 2.45) is 11.8 Å². The molecule has 3 rings (SSSR count). The lowest BCUT2D eigenvalue weighted by Gasteiger charge is -2.30. The lowest BCUT2D eigenvalue weighted by atomic mass is 9.95. The van der Waals surface area contributed by atoms with Crippen LogP contribution in [0.3, 0.4) is 0 Å². The van der Waals surface area contributed by atoms with Gasteiger partial charge in [0.05, 0.1) is 0 Å². The fraction of sp³-hybridized carbons (Fsp3) is 0.632. The molecule has 1 aromatic carbocycles. The van der Waals surface area contributed by atoms with Gasteiger partial charge in [-0.2, -0.15) is 0 Å². The van der Waals surface area contributed by atoms with Gasteiger partial charge in [0.25, 0.3) is 5.91 Å². The number of aliphatic hydroxyl groups excluding tert-OH is 1. The van der Waals surface area contributed by atoms with Gasteiger partial charge in [0, 0.05) is 42.7 Å². The number of amides is 1. The molecule has 0 unspecified atom stereocenters. The van der Waals surface area contributed by atoms with Crippen LogP contribution in [0.5, 0.6) is 0 Å². The number of hydrogen-bond acceptors (Lipinski definition) is 3. The van der Waals surface area contributed by atoms with Crippen molar-refractivity contribution in [1.82, 2.24) is 9.80 Å². The minimum atomic E-state index is 0.0367. The summed E-state index contributed by atoms with van der Waals surface area (Å²) in [7, 11) is 0. The van der Waals surface area contributed by atoms with E-state index in [1.807, 2.05) is 24.0 Å². The van der Waals surface area contributed by atoms with E-state index in [-0.39, 0.29) is 18.4 Å². The van der Waals surface area contributed by atoms with Gasteiger partial charge in [-0.3, -0.25) is 4.79 Å². The molecule has 2 heterocycles. The molecule has 24 heavy (non-hydrogen) atoms. The summed E-state index contributed by atoms with van der Waals surface area (Å²) in [6, 6.07) is 5.46. The maximum absolute atomic E-state index is 12.9. The monoisotopic (exact) mass is 350 g/mol. The van der Waals surface area contributed by atoms with Crippen LogP contribution in [0.1, 0.15) is 35.2 Å². The van der Waals surface area contributed by atoms with Crippen molar-refractivity contribution in [3.63, 3.8) is 0 Å². The Bertz CT molecular complexity index is 587. The molecule has 2 fully saturated rings. The second kappa shape index (κ2) is 7.85. The molecule has 2 atom stereocenters. The first-order chi connectivity index (χ1) is 11.6. The van der Waals surface area contributed by atoms with Gasteiger partial charge in [0.1, 0.15) is 0 Å². The Morgan fingerprint density at radius 2 is 1.92 bits per heavy atom. The minimum Gasteiger partial charge on any atom is -0.396 e. The van der Waals surface area contributed by atoms with Gasteiger partial charge in [-0.15, -0.1) is 0 Å². The Morgan fingerprint density at radius 1 is 1.21 bits per heavy atom. The Kier molecular flexibility index (Phi) is 5.80. The maximum atomic E-state index is 12.9. The molecule has 5 heteroatoms. The highest BCUT2D eigenvalue weighted by Gasteiger charge is 2.36. The van der Waals surface area contributed by atoms with E-state index in [1.54, 1.807) is 6.07 Å². The summed E-state index contributed by atoms with van der Waals surface area (Å²) >= 11 is 6.06. The average Bonchev–Trinajstić information content (AvgIpc) is 3.00. The predicted molar refractivity (Wildman–Crippen MR) is 96.4 cm³/mol. The van der Waals surface area contributed by atoms with Gasteiger partial charge in [-0.25, -0.2) is 0 Å². The largest absolute Gasteiger partial charge is 0.396 e. The van der Waals surface area contributed by atoms with Crippen molar-refractivity contribution >= 4 is 17.5 Å². The second-order valence-electron chi connectivity index (χ2n) is 7.23. The molecule has 0 radical (unpaired) electrons. The number of piperidine rings is 1. The number of rotatable bonds is 4. The minimum absolute atomic E-state index is 0.0367. The third-order valence-electron chi connectivity index (χ3n) is 5.47. The normalized spacial score (nSPS) is 25.2. The van der Waals surface area contributed by atoms with Crippen LogP contribution in [-0.2, 0) is 0 Å². The third kappa shape index (κ3) is 3.93. The molecular weight excluding hydrogens is 324 g/mol. The van der Waals surface area contributed by atoms with E-state index in [4.69, 9.17) is 11.6 Å². The molecule has 1 aromatic rings. The Labute approximate surface area is 149 Å². The number of benzene rings is 1. The summed E-state index contributed by atoms with van der Waals surface area (Å²) < 4.78 is 0. The summed E-state index contributed by atoms with van der Waals surface area (Å²) in [4.78, 5) is 17.3. The summed E-state index contributed by atoms with van der Waals surface area (Å²) in [5.41, 5.74) is 1.63. The Balaban J connectivity index is 1.68. The van der Waals surface area contributed by atoms with Gasteiger partial charge in [0.2, 0.25) is 0 Å². The summed E-state index contributed by atoms with van der Waals surface area (Å²) in [6.07, 6.45) is 3.85. The Hall–Kier alpha value is -1.10. The number of hydrogen-bond donors (Lipinski definition) is 1. The van der Waals surface area contributed by atoms with Crippen molar-refractivity contribution in [3.8, 4) is 0 Å². The predicted octanol–water partition coefficient (Wildman–Crippen LogP) is 2.81. The van der Waals surface area contributed by atoms with E-state index in [9.17, 15) is 9.90 Å². The van der Waals surface area contributed by atoms with Gasteiger partial charge in [0.15, 0.2) is 0 Å². The van der Waals surface area contributed by atoms with Crippen LogP contribution in [0.25, 0.3) is 0 Å². The highest BCUT2D eigenvalue weighted by Crippen LogP contribution is 2.28. The molecule has 0 bridgehead atoms. The van der Waals surface area contributed by atoms with Gasteiger partial charge in [-0.1, -0.05) is 24.1 Å². The smallest absolute Gasteiger partial charge is 0.254 e. The van der Waals surface area contributed by atoms with Gasteiger partial charge >= 0.3 is 0 Å². The standard InChI is InChI=1S/C19H27ClN2O2/c1-14-5-6-17(20)9-18(14)19(24)22-11-15(16(12-22)13-23)10-21-7-3-2-4-8-21/h5-6,9,15-16,23H,2-4,7-8,10-13H2,1H3/t15-,16-/m1/s1. The zero-order chi connectivity index (χ0) is 17.1. The molecular formula is C19H27ClN2O2. The van der Waals surface area contributed by atoms with Crippen molar-refractivity contribution in [2.75, 3.05) is 39.3 Å². The molecule has 2 aliphatic rings. The molecule has 132 valence electrons. The van der Waals surface area contributed by atoms with Gasteiger partial charge in [-0.05, 0) is 56.5 Å². The SMILES string of the molecule is Cc1ccc(Cl)cc1C(=O)N1C[C@@H](CN2CCCCC2)[C@@H](CO)C1. The zero-order valence-corrected chi connectivity index (χ0v) is 15.1. The summed E-state index contributed by atoms with van der Waals surface area (Å²) in [5, 5.41) is 10.3. The van der Waals surface area contributed by atoms with E-state index in [1.165, 1.54) is 19.3 Å². The fourth-order valence-corrected chi connectivity index (χ4v) is 4.16. The number of carbonyl (C=O) groups excluding carboxylic acids is 1.